The molecule has 0 saturated carbocycles. The van der Waals surface area contributed by atoms with Gasteiger partial charge in [-0.15, -0.1) is 0 Å². The van der Waals surface area contributed by atoms with Gasteiger partial charge >= 0.3 is 6.61 Å². The van der Waals surface area contributed by atoms with Gasteiger partial charge in [-0.2, -0.15) is 8.78 Å². The van der Waals surface area contributed by atoms with E-state index in [1.165, 1.54) is 36.4 Å². The van der Waals surface area contributed by atoms with Crippen LogP contribution in [0, 0.1) is 12.7 Å². The third kappa shape index (κ3) is 4.73. The van der Waals surface area contributed by atoms with E-state index in [9.17, 15) is 23.1 Å². The maximum absolute atomic E-state index is 13.2. The van der Waals surface area contributed by atoms with Crippen LogP contribution in [0.5, 0.6) is 5.75 Å². The molecule has 2 aromatic rings. The minimum absolute atomic E-state index is 0.0274. The monoisotopic (exact) mass is 339 g/mol. The summed E-state index contributed by atoms with van der Waals surface area (Å²) in [4.78, 5) is 12.0. The minimum atomic E-state index is -2.92. The van der Waals surface area contributed by atoms with Crippen molar-refractivity contribution < 1.29 is 27.8 Å². The third-order valence-corrected chi connectivity index (χ3v) is 3.39. The van der Waals surface area contributed by atoms with Crippen LogP contribution < -0.4 is 10.1 Å². The Balaban J connectivity index is 1.96. The van der Waals surface area contributed by atoms with Gasteiger partial charge in [0.15, 0.2) is 0 Å². The van der Waals surface area contributed by atoms with E-state index in [-0.39, 0.29) is 17.9 Å². The number of nitrogens with one attached hydrogen (secondary N) is 1. The summed E-state index contributed by atoms with van der Waals surface area (Å²) in [5.41, 5.74) is 1.22. The first-order valence-corrected chi connectivity index (χ1v) is 7.14. The zero-order chi connectivity index (χ0) is 17.7. The van der Waals surface area contributed by atoms with Gasteiger partial charge in [0.2, 0.25) is 0 Å². The number of rotatable bonds is 6. The molecule has 2 rings (SSSR count). The first-order chi connectivity index (χ1) is 11.4. The van der Waals surface area contributed by atoms with Gasteiger partial charge in [0.05, 0.1) is 6.10 Å². The van der Waals surface area contributed by atoms with Crippen molar-refractivity contribution in [3.8, 4) is 5.75 Å². The summed E-state index contributed by atoms with van der Waals surface area (Å²) >= 11 is 0. The number of ether oxygens (including phenoxy) is 1. The van der Waals surface area contributed by atoms with Gasteiger partial charge in [-0.3, -0.25) is 4.79 Å². The molecular weight excluding hydrogens is 323 g/mol. The highest BCUT2D eigenvalue weighted by Crippen LogP contribution is 2.19. The third-order valence-electron chi connectivity index (χ3n) is 3.39. The fraction of sp³-hybridized carbons (Fsp3) is 0.235. The molecule has 0 heterocycles. The van der Waals surface area contributed by atoms with Gasteiger partial charge in [-0.25, -0.2) is 4.39 Å². The van der Waals surface area contributed by atoms with Gasteiger partial charge in [0, 0.05) is 12.1 Å². The van der Waals surface area contributed by atoms with Crippen LogP contribution in [0.3, 0.4) is 0 Å². The molecule has 1 unspecified atom stereocenters. The first-order valence-electron chi connectivity index (χ1n) is 7.14. The van der Waals surface area contributed by atoms with Gasteiger partial charge in [0.1, 0.15) is 11.6 Å². The van der Waals surface area contributed by atoms with Crippen LogP contribution in [0.25, 0.3) is 0 Å². The molecule has 4 nitrogen and oxygen atoms in total. The highest BCUT2D eigenvalue weighted by molar-refractivity contribution is 5.95. The molecule has 0 saturated heterocycles. The van der Waals surface area contributed by atoms with E-state index in [1.54, 1.807) is 6.92 Å². The second-order valence-corrected chi connectivity index (χ2v) is 5.13. The van der Waals surface area contributed by atoms with E-state index in [0.717, 1.165) is 6.07 Å². The number of aliphatic hydroxyl groups is 1. The van der Waals surface area contributed by atoms with Crippen LogP contribution in [-0.2, 0) is 0 Å². The van der Waals surface area contributed by atoms with Crippen molar-refractivity contribution in [2.45, 2.75) is 19.6 Å². The summed E-state index contributed by atoms with van der Waals surface area (Å²) < 4.78 is 41.5. The molecule has 0 bridgehead atoms. The van der Waals surface area contributed by atoms with Crippen molar-refractivity contribution in [1.29, 1.82) is 0 Å². The zero-order valence-electron chi connectivity index (χ0n) is 12.8. The number of carbonyl (C=O) groups excluding carboxylic acids is 1. The molecule has 1 atom stereocenters. The SMILES string of the molecule is Cc1ccc(F)cc1C(=O)NCC(O)c1ccc(OC(F)F)cc1. The van der Waals surface area contributed by atoms with Crippen LogP contribution in [0.2, 0.25) is 0 Å². The number of halogens is 3. The van der Waals surface area contributed by atoms with Crippen LogP contribution in [-0.4, -0.2) is 24.2 Å². The van der Waals surface area contributed by atoms with Crippen molar-refractivity contribution >= 4 is 5.91 Å². The molecule has 0 spiro atoms. The minimum Gasteiger partial charge on any atom is -0.435 e. The summed E-state index contributed by atoms with van der Waals surface area (Å²) in [6, 6.07) is 9.29. The Hall–Kier alpha value is -2.54. The number of hydrogen-bond donors (Lipinski definition) is 2. The molecule has 2 aromatic carbocycles. The fourth-order valence-electron chi connectivity index (χ4n) is 2.11. The Morgan fingerprint density at radius 2 is 1.88 bits per heavy atom. The Morgan fingerprint density at radius 1 is 1.21 bits per heavy atom. The van der Waals surface area contributed by atoms with Crippen molar-refractivity contribution in [1.82, 2.24) is 5.32 Å². The van der Waals surface area contributed by atoms with E-state index in [0.29, 0.717) is 11.1 Å². The zero-order valence-corrected chi connectivity index (χ0v) is 12.8. The molecule has 2 N–H and O–H groups in total. The van der Waals surface area contributed by atoms with Gasteiger partial charge < -0.3 is 15.2 Å². The number of aryl methyl sites for hydroxylation is 1. The van der Waals surface area contributed by atoms with Gasteiger partial charge in [-0.1, -0.05) is 18.2 Å². The molecular formula is C17H16F3NO3. The van der Waals surface area contributed by atoms with Crippen LogP contribution in [0.4, 0.5) is 13.2 Å². The standard InChI is InChI=1S/C17H16F3NO3/c1-10-2-5-12(18)8-14(10)16(23)21-9-15(22)11-3-6-13(7-4-11)24-17(19)20/h2-8,15,17,22H,9H2,1H3,(H,21,23). The first kappa shape index (κ1) is 17.8. The lowest BCUT2D eigenvalue weighted by Gasteiger charge is -2.14. The molecule has 0 aliphatic rings. The molecule has 24 heavy (non-hydrogen) atoms. The summed E-state index contributed by atoms with van der Waals surface area (Å²) in [6.45, 7) is -1.36. The van der Waals surface area contributed by atoms with E-state index in [4.69, 9.17) is 0 Å². The largest absolute Gasteiger partial charge is 0.435 e. The highest BCUT2D eigenvalue weighted by atomic mass is 19.3. The number of hydrogen-bond acceptors (Lipinski definition) is 3. The maximum atomic E-state index is 13.2. The normalized spacial score (nSPS) is 12.1. The number of alkyl halides is 2. The van der Waals surface area contributed by atoms with E-state index < -0.39 is 24.4 Å². The van der Waals surface area contributed by atoms with Crippen LogP contribution in [0.1, 0.15) is 27.6 Å². The number of aliphatic hydroxyl groups excluding tert-OH is 1. The molecule has 0 aliphatic heterocycles. The predicted octanol–water partition coefficient (Wildman–Crippen LogP) is 3.20. The average Bonchev–Trinajstić information content (AvgIpc) is 2.54. The highest BCUT2D eigenvalue weighted by Gasteiger charge is 2.14. The molecule has 7 heteroatoms. The van der Waals surface area contributed by atoms with Crippen LogP contribution >= 0.6 is 0 Å². The summed E-state index contributed by atoms with van der Waals surface area (Å²) in [7, 11) is 0. The lowest BCUT2D eigenvalue weighted by molar-refractivity contribution is -0.0498. The van der Waals surface area contributed by atoms with Gasteiger partial charge in [-0.05, 0) is 42.3 Å². The number of amides is 1. The second kappa shape index (κ2) is 7.83. The van der Waals surface area contributed by atoms with E-state index in [1.807, 2.05) is 0 Å². The van der Waals surface area contributed by atoms with Crippen molar-refractivity contribution in [3.05, 3.63) is 65.0 Å². The smallest absolute Gasteiger partial charge is 0.387 e. The predicted molar refractivity (Wildman–Crippen MR) is 81.5 cm³/mol. The molecule has 0 fully saturated rings. The fourth-order valence-corrected chi connectivity index (χ4v) is 2.11. The molecule has 0 aliphatic carbocycles. The summed E-state index contributed by atoms with van der Waals surface area (Å²) in [6.07, 6.45) is -1.04. The Morgan fingerprint density at radius 3 is 2.50 bits per heavy atom. The Kier molecular flexibility index (Phi) is 5.81. The number of benzene rings is 2. The van der Waals surface area contributed by atoms with Crippen molar-refractivity contribution in [2.75, 3.05) is 6.54 Å². The molecule has 0 aromatic heterocycles. The van der Waals surface area contributed by atoms with E-state index >= 15 is 0 Å². The number of carbonyl (C=O) groups is 1. The second-order valence-electron chi connectivity index (χ2n) is 5.13. The van der Waals surface area contributed by atoms with Crippen LogP contribution in [0.15, 0.2) is 42.5 Å². The van der Waals surface area contributed by atoms with Crippen molar-refractivity contribution in [3.63, 3.8) is 0 Å². The quantitative estimate of drug-likeness (QED) is 0.850. The lowest BCUT2D eigenvalue weighted by Crippen LogP contribution is -2.29. The Bertz CT molecular complexity index is 705. The molecule has 128 valence electrons. The van der Waals surface area contributed by atoms with E-state index in [2.05, 4.69) is 10.1 Å². The van der Waals surface area contributed by atoms with Crippen molar-refractivity contribution in [2.24, 2.45) is 0 Å². The average molecular weight is 339 g/mol. The Labute approximate surface area is 136 Å². The molecule has 0 radical (unpaired) electrons. The lowest BCUT2D eigenvalue weighted by atomic mass is 10.1. The maximum Gasteiger partial charge on any atom is 0.387 e. The summed E-state index contributed by atoms with van der Waals surface area (Å²) in [5, 5.41) is 12.5. The molecule has 1 amide bonds. The summed E-state index contributed by atoms with van der Waals surface area (Å²) in [5.74, 6) is -1.06. The topological polar surface area (TPSA) is 58.6 Å². The van der Waals surface area contributed by atoms with Gasteiger partial charge in [0.25, 0.3) is 5.91 Å².